The molecular formula is C12H21NO4. The Morgan fingerprint density at radius 1 is 1.59 bits per heavy atom. The van der Waals surface area contributed by atoms with E-state index in [9.17, 15) is 9.90 Å². The molecule has 2 fully saturated rings. The van der Waals surface area contributed by atoms with Crippen LogP contribution in [0.15, 0.2) is 0 Å². The molecule has 2 aliphatic rings. The van der Waals surface area contributed by atoms with Crippen LogP contribution in [0.3, 0.4) is 0 Å². The average molecular weight is 243 g/mol. The summed E-state index contributed by atoms with van der Waals surface area (Å²) in [5.74, 6) is -0.793. The first-order chi connectivity index (χ1) is 8.02. The van der Waals surface area contributed by atoms with Gasteiger partial charge in [0.15, 0.2) is 0 Å². The molecule has 0 saturated carbocycles. The van der Waals surface area contributed by atoms with Gasteiger partial charge in [0.1, 0.15) is 6.04 Å². The Morgan fingerprint density at radius 3 is 3.00 bits per heavy atom. The van der Waals surface area contributed by atoms with E-state index in [-0.39, 0.29) is 11.7 Å². The van der Waals surface area contributed by atoms with E-state index in [0.717, 1.165) is 19.4 Å². The molecule has 2 N–H and O–H groups in total. The number of carbonyl (C=O) groups is 1. The molecule has 5 heteroatoms. The van der Waals surface area contributed by atoms with Crippen LogP contribution in [0, 0.1) is 0 Å². The highest BCUT2D eigenvalue weighted by Gasteiger charge is 2.42. The third kappa shape index (κ3) is 2.78. The molecule has 2 aliphatic heterocycles. The Bertz CT molecular complexity index is 292. The number of likely N-dealkylation sites (tertiary alicyclic amines) is 1. The number of hydrogen-bond donors (Lipinski definition) is 2. The van der Waals surface area contributed by atoms with Crippen molar-refractivity contribution < 1.29 is 19.7 Å². The maximum atomic E-state index is 11.0. The summed E-state index contributed by atoms with van der Waals surface area (Å²) < 4.78 is 5.84. The van der Waals surface area contributed by atoms with Crippen LogP contribution in [0.2, 0.25) is 0 Å². The average Bonchev–Trinajstić information content (AvgIpc) is 2.27. The lowest BCUT2D eigenvalue weighted by molar-refractivity contribution is -0.160. The fourth-order valence-corrected chi connectivity index (χ4v) is 2.91. The lowest BCUT2D eigenvalue weighted by atomic mass is 9.84. The first-order valence-corrected chi connectivity index (χ1v) is 6.31. The second-order valence-corrected chi connectivity index (χ2v) is 5.27. The summed E-state index contributed by atoms with van der Waals surface area (Å²) in [6.07, 6.45) is 2.88. The minimum absolute atomic E-state index is 0.302. The number of piperidine rings is 1. The van der Waals surface area contributed by atoms with Crippen LogP contribution in [0.5, 0.6) is 0 Å². The van der Waals surface area contributed by atoms with Crippen LogP contribution in [0.1, 0.15) is 32.6 Å². The molecule has 0 unspecified atom stereocenters. The fraction of sp³-hybridized carbons (Fsp3) is 0.917. The first-order valence-electron chi connectivity index (χ1n) is 6.31. The highest BCUT2D eigenvalue weighted by atomic mass is 16.5. The minimum Gasteiger partial charge on any atom is -0.480 e. The molecule has 5 nitrogen and oxygen atoms in total. The number of aliphatic carboxylic acids is 1. The van der Waals surface area contributed by atoms with E-state index in [1.165, 1.54) is 0 Å². The fourth-order valence-electron chi connectivity index (χ4n) is 2.91. The van der Waals surface area contributed by atoms with E-state index in [0.29, 0.717) is 26.0 Å². The van der Waals surface area contributed by atoms with E-state index >= 15 is 0 Å². The number of rotatable bonds is 2. The second-order valence-electron chi connectivity index (χ2n) is 5.27. The molecule has 3 atom stereocenters. The van der Waals surface area contributed by atoms with Crippen molar-refractivity contribution in [3.63, 3.8) is 0 Å². The van der Waals surface area contributed by atoms with Crippen LogP contribution >= 0.6 is 0 Å². The normalized spacial score (nSPS) is 36.9. The van der Waals surface area contributed by atoms with E-state index < -0.39 is 12.0 Å². The Labute approximate surface area is 101 Å². The Balaban J connectivity index is 2.03. The number of aliphatic hydroxyl groups is 1. The number of carboxylic acid groups (broad SMARTS) is 1. The quantitative estimate of drug-likeness (QED) is 0.737. The van der Waals surface area contributed by atoms with E-state index in [1.807, 2.05) is 4.90 Å². The Hall–Kier alpha value is -0.650. The third-order valence-corrected chi connectivity index (χ3v) is 3.94. The van der Waals surface area contributed by atoms with E-state index in [2.05, 4.69) is 0 Å². The molecular weight excluding hydrogens is 222 g/mol. The van der Waals surface area contributed by atoms with Gasteiger partial charge in [-0.05, 0) is 32.7 Å². The van der Waals surface area contributed by atoms with Gasteiger partial charge < -0.3 is 14.9 Å². The molecule has 17 heavy (non-hydrogen) atoms. The van der Waals surface area contributed by atoms with Gasteiger partial charge in [0, 0.05) is 19.6 Å². The number of carboxylic acids is 1. The summed E-state index contributed by atoms with van der Waals surface area (Å²) in [6.45, 7) is 3.71. The van der Waals surface area contributed by atoms with Crippen molar-refractivity contribution in [2.75, 3.05) is 19.7 Å². The van der Waals surface area contributed by atoms with Crippen molar-refractivity contribution in [1.82, 2.24) is 4.90 Å². The number of nitrogens with zero attached hydrogens (tertiary/aromatic N) is 1. The van der Waals surface area contributed by atoms with Crippen LogP contribution < -0.4 is 0 Å². The molecule has 1 spiro atoms. The molecule has 2 rings (SSSR count). The van der Waals surface area contributed by atoms with Crippen molar-refractivity contribution in [2.24, 2.45) is 0 Å². The van der Waals surface area contributed by atoms with Gasteiger partial charge in [-0.2, -0.15) is 0 Å². The summed E-state index contributed by atoms with van der Waals surface area (Å²) >= 11 is 0. The topological polar surface area (TPSA) is 70.0 Å². The van der Waals surface area contributed by atoms with Gasteiger partial charge in [0.2, 0.25) is 0 Å². The molecule has 0 aliphatic carbocycles. The zero-order valence-electron chi connectivity index (χ0n) is 10.3. The summed E-state index contributed by atoms with van der Waals surface area (Å²) in [6, 6.07) is -0.477. The van der Waals surface area contributed by atoms with Crippen LogP contribution in [-0.2, 0) is 9.53 Å². The van der Waals surface area contributed by atoms with Gasteiger partial charge in [-0.3, -0.25) is 9.69 Å². The lowest BCUT2D eigenvalue weighted by Gasteiger charge is -2.47. The first kappa shape index (κ1) is 12.8. The smallest absolute Gasteiger partial charge is 0.320 e. The third-order valence-electron chi connectivity index (χ3n) is 3.94. The SMILES string of the molecule is C[C@H](C(=O)O)N1CCC[C@@]2(C[C@@H](O)CCO2)C1. The molecule has 0 aromatic heterocycles. The predicted octanol–water partition coefficient (Wildman–Crippen LogP) is 0.465. The number of hydrogen-bond acceptors (Lipinski definition) is 4. The summed E-state index contributed by atoms with van der Waals surface area (Å²) in [5.41, 5.74) is -0.320. The zero-order valence-corrected chi connectivity index (χ0v) is 10.3. The summed E-state index contributed by atoms with van der Waals surface area (Å²) in [7, 11) is 0. The van der Waals surface area contributed by atoms with Crippen molar-refractivity contribution >= 4 is 5.97 Å². The Morgan fingerprint density at radius 2 is 2.35 bits per heavy atom. The van der Waals surface area contributed by atoms with Crippen molar-refractivity contribution in [1.29, 1.82) is 0 Å². The van der Waals surface area contributed by atoms with Crippen molar-refractivity contribution in [2.45, 2.75) is 50.4 Å². The minimum atomic E-state index is -0.793. The van der Waals surface area contributed by atoms with E-state index in [4.69, 9.17) is 9.84 Å². The van der Waals surface area contributed by atoms with Gasteiger partial charge in [-0.15, -0.1) is 0 Å². The molecule has 0 aromatic rings. The molecule has 98 valence electrons. The number of aliphatic hydroxyl groups excluding tert-OH is 1. The van der Waals surface area contributed by atoms with Gasteiger partial charge in [-0.25, -0.2) is 0 Å². The molecule has 0 aromatic carbocycles. The molecule has 2 heterocycles. The highest BCUT2D eigenvalue weighted by Crippen LogP contribution is 2.34. The van der Waals surface area contributed by atoms with Crippen LogP contribution in [0.25, 0.3) is 0 Å². The standard InChI is InChI=1S/C12H21NO4/c1-9(11(15)16)13-5-2-4-12(8-13)7-10(14)3-6-17-12/h9-10,14H,2-8H2,1H3,(H,15,16)/t9-,10+,12-/m1/s1. The molecule has 0 amide bonds. The molecule has 2 saturated heterocycles. The van der Waals surface area contributed by atoms with Gasteiger partial charge >= 0.3 is 5.97 Å². The van der Waals surface area contributed by atoms with Crippen molar-refractivity contribution in [3.05, 3.63) is 0 Å². The van der Waals surface area contributed by atoms with Crippen LogP contribution in [0.4, 0.5) is 0 Å². The van der Waals surface area contributed by atoms with Gasteiger partial charge in [-0.1, -0.05) is 0 Å². The maximum Gasteiger partial charge on any atom is 0.320 e. The van der Waals surface area contributed by atoms with E-state index in [1.54, 1.807) is 6.92 Å². The largest absolute Gasteiger partial charge is 0.480 e. The van der Waals surface area contributed by atoms with Gasteiger partial charge in [0.05, 0.1) is 11.7 Å². The highest BCUT2D eigenvalue weighted by molar-refractivity contribution is 5.72. The van der Waals surface area contributed by atoms with Crippen LogP contribution in [-0.4, -0.2) is 58.5 Å². The number of ether oxygens (including phenoxy) is 1. The van der Waals surface area contributed by atoms with Crippen molar-refractivity contribution in [3.8, 4) is 0 Å². The second kappa shape index (κ2) is 4.92. The zero-order chi connectivity index (χ0) is 12.5. The summed E-state index contributed by atoms with van der Waals surface area (Å²) in [5, 5.41) is 18.8. The lowest BCUT2D eigenvalue weighted by Crippen LogP contribution is -2.57. The summed E-state index contributed by atoms with van der Waals surface area (Å²) in [4.78, 5) is 13.0. The Kier molecular flexibility index (Phi) is 3.70. The molecule has 0 bridgehead atoms. The molecule has 0 radical (unpaired) electrons. The predicted molar refractivity (Wildman–Crippen MR) is 61.8 cm³/mol. The maximum absolute atomic E-state index is 11.0. The van der Waals surface area contributed by atoms with Gasteiger partial charge in [0.25, 0.3) is 0 Å². The monoisotopic (exact) mass is 243 g/mol.